The number of nitrogens with zero attached hydrogens (tertiary/aromatic N) is 1. The summed E-state index contributed by atoms with van der Waals surface area (Å²) >= 11 is 0. The molecule has 0 bridgehead atoms. The molecule has 3 rings (SSSR count). The van der Waals surface area contributed by atoms with Crippen molar-refractivity contribution in [1.82, 2.24) is 0 Å². The zero-order chi connectivity index (χ0) is 16.2. The minimum absolute atomic E-state index is 0.0948. The minimum Gasteiger partial charge on any atom is -0.447 e. The monoisotopic (exact) mass is 307 g/mol. The van der Waals surface area contributed by atoms with E-state index in [2.05, 4.69) is 0 Å². The van der Waals surface area contributed by atoms with Gasteiger partial charge in [-0.1, -0.05) is 42.5 Å². The van der Waals surface area contributed by atoms with E-state index < -0.39 is 0 Å². The lowest BCUT2D eigenvalue weighted by Crippen LogP contribution is -2.23. The second kappa shape index (κ2) is 6.48. The second-order valence-corrected chi connectivity index (χ2v) is 5.37. The van der Waals surface area contributed by atoms with Gasteiger partial charge in [-0.05, 0) is 36.3 Å². The van der Waals surface area contributed by atoms with Gasteiger partial charge in [0, 0.05) is 11.3 Å². The molecule has 1 fully saturated rings. The van der Waals surface area contributed by atoms with Crippen LogP contribution in [0.1, 0.15) is 21.5 Å². The van der Waals surface area contributed by atoms with Crippen molar-refractivity contribution in [3.8, 4) is 0 Å². The van der Waals surface area contributed by atoms with E-state index in [1.54, 1.807) is 30.3 Å². The Kier molecular flexibility index (Phi) is 4.24. The summed E-state index contributed by atoms with van der Waals surface area (Å²) in [5.74, 6) is -0.0948. The predicted molar refractivity (Wildman–Crippen MR) is 89.7 cm³/mol. The fourth-order valence-electron chi connectivity index (χ4n) is 2.49. The summed E-state index contributed by atoms with van der Waals surface area (Å²) in [6.45, 7) is 2.89. The maximum absolute atomic E-state index is 12.4. The first-order valence-electron chi connectivity index (χ1n) is 7.47. The van der Waals surface area contributed by atoms with Crippen LogP contribution in [0.2, 0.25) is 0 Å². The molecule has 0 N–H and O–H groups in total. The zero-order valence-corrected chi connectivity index (χ0v) is 12.9. The van der Waals surface area contributed by atoms with Gasteiger partial charge in [-0.15, -0.1) is 0 Å². The summed E-state index contributed by atoms with van der Waals surface area (Å²) in [4.78, 5) is 25.5. The van der Waals surface area contributed by atoms with Gasteiger partial charge in [0.05, 0.1) is 6.54 Å². The number of carbonyl (C=O) groups is 2. The molecule has 0 unspecified atom stereocenters. The third kappa shape index (κ3) is 3.31. The number of amides is 1. The Morgan fingerprint density at radius 3 is 2.74 bits per heavy atom. The molecule has 1 aliphatic heterocycles. The quantitative estimate of drug-likeness (QED) is 0.637. The van der Waals surface area contributed by atoms with Crippen LogP contribution in [-0.4, -0.2) is 25.0 Å². The smallest absolute Gasteiger partial charge is 0.414 e. The zero-order valence-electron chi connectivity index (χ0n) is 12.9. The lowest BCUT2D eigenvalue weighted by atomic mass is 10.1. The van der Waals surface area contributed by atoms with E-state index in [0.29, 0.717) is 24.4 Å². The van der Waals surface area contributed by atoms with Gasteiger partial charge < -0.3 is 4.74 Å². The van der Waals surface area contributed by atoms with Gasteiger partial charge >= 0.3 is 6.09 Å². The Bertz CT molecular complexity index is 780. The standard InChI is InChI=1S/C19H17NO3/c1-14-5-2-3-6-15(14)9-10-18(21)16-7-4-8-17(13-16)20-11-12-23-19(20)22/h2-10,13H,11-12H2,1H3. The number of rotatable bonds is 4. The highest BCUT2D eigenvalue weighted by molar-refractivity contribution is 6.07. The van der Waals surface area contributed by atoms with E-state index in [-0.39, 0.29) is 11.9 Å². The second-order valence-electron chi connectivity index (χ2n) is 5.37. The third-order valence-corrected chi connectivity index (χ3v) is 3.81. The summed E-state index contributed by atoms with van der Waals surface area (Å²) in [6.07, 6.45) is 3.00. The topological polar surface area (TPSA) is 46.6 Å². The molecule has 0 aliphatic carbocycles. The molecule has 4 heteroatoms. The van der Waals surface area contributed by atoms with Crippen molar-refractivity contribution in [3.63, 3.8) is 0 Å². The average molecular weight is 307 g/mol. The summed E-state index contributed by atoms with van der Waals surface area (Å²) < 4.78 is 4.93. The van der Waals surface area contributed by atoms with Crippen LogP contribution in [0.3, 0.4) is 0 Å². The highest BCUT2D eigenvalue weighted by Gasteiger charge is 2.23. The van der Waals surface area contributed by atoms with Crippen molar-refractivity contribution in [3.05, 3.63) is 71.3 Å². The number of anilines is 1. The van der Waals surface area contributed by atoms with Crippen molar-refractivity contribution >= 4 is 23.6 Å². The number of hydrogen-bond donors (Lipinski definition) is 0. The molecule has 0 saturated carbocycles. The van der Waals surface area contributed by atoms with Gasteiger partial charge in [0.25, 0.3) is 0 Å². The molecule has 0 aromatic heterocycles. The third-order valence-electron chi connectivity index (χ3n) is 3.81. The Labute approximate surface area is 135 Å². The van der Waals surface area contributed by atoms with Crippen molar-refractivity contribution in [2.24, 2.45) is 0 Å². The largest absolute Gasteiger partial charge is 0.447 e. The summed E-state index contributed by atoms with van der Waals surface area (Å²) in [6, 6.07) is 14.9. The van der Waals surface area contributed by atoms with Crippen LogP contribution in [0.4, 0.5) is 10.5 Å². The Balaban J connectivity index is 1.80. The van der Waals surface area contributed by atoms with Crippen molar-refractivity contribution in [2.75, 3.05) is 18.1 Å². The van der Waals surface area contributed by atoms with Gasteiger partial charge in [-0.3, -0.25) is 9.69 Å². The predicted octanol–water partition coefficient (Wildman–Crippen LogP) is 3.85. The molecule has 2 aromatic carbocycles. The van der Waals surface area contributed by atoms with E-state index in [9.17, 15) is 9.59 Å². The lowest BCUT2D eigenvalue weighted by molar-refractivity contribution is 0.104. The SMILES string of the molecule is Cc1ccccc1C=CC(=O)c1cccc(N2CCOC2=O)c1. The van der Waals surface area contributed by atoms with Gasteiger partial charge in [0.1, 0.15) is 6.61 Å². The van der Waals surface area contributed by atoms with Crippen LogP contribution < -0.4 is 4.90 Å². The fraction of sp³-hybridized carbons (Fsp3) is 0.158. The number of aryl methyl sites for hydroxylation is 1. The molecule has 1 saturated heterocycles. The molecule has 1 aliphatic rings. The molecule has 1 heterocycles. The van der Waals surface area contributed by atoms with Gasteiger partial charge in [-0.2, -0.15) is 0 Å². The first kappa shape index (κ1) is 15.0. The number of allylic oxidation sites excluding steroid dienone is 1. The maximum Gasteiger partial charge on any atom is 0.414 e. The highest BCUT2D eigenvalue weighted by Crippen LogP contribution is 2.20. The number of benzene rings is 2. The average Bonchev–Trinajstić information content (AvgIpc) is 3.00. The van der Waals surface area contributed by atoms with Gasteiger partial charge in [0.2, 0.25) is 0 Å². The molecule has 4 nitrogen and oxygen atoms in total. The van der Waals surface area contributed by atoms with Crippen LogP contribution in [0.15, 0.2) is 54.6 Å². The Hall–Kier alpha value is -2.88. The number of carbonyl (C=O) groups excluding carboxylic acids is 2. The molecule has 116 valence electrons. The van der Waals surface area contributed by atoms with E-state index in [0.717, 1.165) is 11.1 Å². The van der Waals surface area contributed by atoms with E-state index in [1.807, 2.05) is 37.3 Å². The van der Waals surface area contributed by atoms with Crippen LogP contribution in [-0.2, 0) is 4.74 Å². The van der Waals surface area contributed by atoms with Crippen LogP contribution >= 0.6 is 0 Å². The van der Waals surface area contributed by atoms with Crippen molar-refractivity contribution in [1.29, 1.82) is 0 Å². The van der Waals surface area contributed by atoms with Crippen LogP contribution in [0.5, 0.6) is 0 Å². The van der Waals surface area contributed by atoms with Crippen molar-refractivity contribution < 1.29 is 14.3 Å². The minimum atomic E-state index is -0.370. The van der Waals surface area contributed by atoms with E-state index in [4.69, 9.17) is 4.74 Å². The maximum atomic E-state index is 12.4. The number of hydrogen-bond acceptors (Lipinski definition) is 3. The van der Waals surface area contributed by atoms with Gasteiger partial charge in [-0.25, -0.2) is 4.79 Å². The van der Waals surface area contributed by atoms with Crippen LogP contribution in [0, 0.1) is 6.92 Å². The molecular weight excluding hydrogens is 290 g/mol. The Morgan fingerprint density at radius 1 is 1.17 bits per heavy atom. The molecule has 0 atom stereocenters. The van der Waals surface area contributed by atoms with E-state index in [1.165, 1.54) is 4.90 Å². The lowest BCUT2D eigenvalue weighted by Gasteiger charge is -2.13. The van der Waals surface area contributed by atoms with Crippen LogP contribution in [0.25, 0.3) is 6.08 Å². The molecule has 0 radical (unpaired) electrons. The normalized spacial score (nSPS) is 14.3. The van der Waals surface area contributed by atoms with Gasteiger partial charge in [0.15, 0.2) is 5.78 Å². The summed E-state index contributed by atoms with van der Waals surface area (Å²) in [7, 11) is 0. The summed E-state index contributed by atoms with van der Waals surface area (Å²) in [5, 5.41) is 0. The molecule has 1 amide bonds. The molecule has 2 aromatic rings. The molecular formula is C19H17NO3. The van der Waals surface area contributed by atoms with Crippen molar-refractivity contribution in [2.45, 2.75) is 6.92 Å². The Morgan fingerprint density at radius 2 is 2.00 bits per heavy atom. The van der Waals surface area contributed by atoms with E-state index >= 15 is 0 Å². The highest BCUT2D eigenvalue weighted by atomic mass is 16.6. The number of ketones is 1. The first-order valence-corrected chi connectivity index (χ1v) is 7.47. The molecule has 23 heavy (non-hydrogen) atoms. The summed E-state index contributed by atoms with van der Waals surface area (Å²) in [5.41, 5.74) is 3.36. The number of cyclic esters (lactones) is 1. The number of ether oxygens (including phenoxy) is 1. The first-order chi connectivity index (χ1) is 11.1. The molecule has 0 spiro atoms. The fourth-order valence-corrected chi connectivity index (χ4v) is 2.49.